The number of nitrogens with zero attached hydrogens (tertiary/aromatic N) is 5. The largest absolute Gasteiger partial charge is 0.378 e. The van der Waals surface area contributed by atoms with E-state index < -0.39 is 0 Å². The number of benzene rings is 1. The van der Waals surface area contributed by atoms with E-state index in [1.165, 1.54) is 5.56 Å². The molecular formula is C18H21N5OS2. The van der Waals surface area contributed by atoms with Gasteiger partial charge < -0.3 is 9.64 Å². The second-order valence-corrected chi connectivity index (χ2v) is 8.01. The molecule has 6 nitrogen and oxygen atoms in total. The average molecular weight is 388 g/mol. The standard InChI is InChI=1S/C18H21N5OS2/c1-22-17(23-7-9-24-10-8-23)20-21-18(22)26-13-15-12-25-16(19-15)11-14-5-3-2-4-6-14/h2-6,12H,7-11,13H2,1H3. The lowest BCUT2D eigenvalue weighted by Gasteiger charge is -2.27. The molecule has 26 heavy (non-hydrogen) atoms. The first-order valence-corrected chi connectivity index (χ1v) is 10.5. The molecule has 3 heterocycles. The lowest BCUT2D eigenvalue weighted by atomic mass is 10.2. The maximum Gasteiger partial charge on any atom is 0.227 e. The normalized spacial score (nSPS) is 14.7. The Morgan fingerprint density at radius 2 is 1.96 bits per heavy atom. The summed E-state index contributed by atoms with van der Waals surface area (Å²) in [5.41, 5.74) is 2.39. The third kappa shape index (κ3) is 4.08. The minimum atomic E-state index is 0.748. The van der Waals surface area contributed by atoms with Crippen molar-refractivity contribution < 1.29 is 4.74 Å². The highest BCUT2D eigenvalue weighted by Crippen LogP contribution is 2.25. The van der Waals surface area contributed by atoms with Crippen LogP contribution in [0.2, 0.25) is 0 Å². The van der Waals surface area contributed by atoms with Crippen molar-refractivity contribution in [2.24, 2.45) is 7.05 Å². The predicted molar refractivity (Wildman–Crippen MR) is 105 cm³/mol. The Hall–Kier alpha value is -1.90. The van der Waals surface area contributed by atoms with Crippen molar-refractivity contribution in [2.45, 2.75) is 17.3 Å². The number of anilines is 1. The zero-order chi connectivity index (χ0) is 17.8. The van der Waals surface area contributed by atoms with Crippen LogP contribution in [0.15, 0.2) is 40.9 Å². The Labute approximate surface area is 161 Å². The van der Waals surface area contributed by atoms with Crippen LogP contribution in [0.25, 0.3) is 0 Å². The molecule has 3 aromatic rings. The molecule has 0 aliphatic carbocycles. The highest BCUT2D eigenvalue weighted by Gasteiger charge is 2.18. The second-order valence-electron chi connectivity index (χ2n) is 6.12. The van der Waals surface area contributed by atoms with E-state index in [1.54, 1.807) is 23.1 Å². The summed E-state index contributed by atoms with van der Waals surface area (Å²) in [6.45, 7) is 3.23. The van der Waals surface area contributed by atoms with Gasteiger partial charge >= 0.3 is 0 Å². The average Bonchev–Trinajstić information content (AvgIpc) is 3.28. The van der Waals surface area contributed by atoms with E-state index >= 15 is 0 Å². The first-order chi connectivity index (χ1) is 12.8. The lowest BCUT2D eigenvalue weighted by Crippen LogP contribution is -2.37. The molecule has 2 aromatic heterocycles. The van der Waals surface area contributed by atoms with Crippen LogP contribution in [0, 0.1) is 0 Å². The number of rotatable bonds is 6. The topological polar surface area (TPSA) is 56.1 Å². The third-order valence-electron chi connectivity index (χ3n) is 4.25. The number of hydrogen-bond acceptors (Lipinski definition) is 7. The summed E-state index contributed by atoms with van der Waals surface area (Å²) in [6, 6.07) is 10.5. The van der Waals surface area contributed by atoms with Gasteiger partial charge in [-0.15, -0.1) is 21.5 Å². The molecule has 8 heteroatoms. The van der Waals surface area contributed by atoms with Gasteiger partial charge in [-0.05, 0) is 5.56 Å². The fourth-order valence-corrected chi connectivity index (χ4v) is 4.61. The summed E-state index contributed by atoms with van der Waals surface area (Å²) >= 11 is 3.40. The molecule has 0 saturated carbocycles. The van der Waals surface area contributed by atoms with Gasteiger partial charge in [0.1, 0.15) is 0 Å². The van der Waals surface area contributed by atoms with Crippen molar-refractivity contribution in [1.82, 2.24) is 19.7 Å². The van der Waals surface area contributed by atoms with Gasteiger partial charge in [0.25, 0.3) is 0 Å². The Morgan fingerprint density at radius 1 is 1.15 bits per heavy atom. The molecule has 0 radical (unpaired) electrons. The summed E-state index contributed by atoms with van der Waals surface area (Å²) in [5, 5.41) is 12.9. The number of thioether (sulfide) groups is 1. The van der Waals surface area contributed by atoms with Crippen LogP contribution in [0.3, 0.4) is 0 Å². The molecule has 4 rings (SSSR count). The van der Waals surface area contributed by atoms with Gasteiger partial charge in [0.2, 0.25) is 5.95 Å². The molecule has 1 aliphatic heterocycles. The molecule has 0 spiro atoms. The SMILES string of the molecule is Cn1c(SCc2csc(Cc3ccccc3)n2)nnc1N1CCOCC1. The fraction of sp³-hybridized carbons (Fsp3) is 0.389. The molecule has 0 unspecified atom stereocenters. The summed E-state index contributed by atoms with van der Waals surface area (Å²) < 4.78 is 7.47. The van der Waals surface area contributed by atoms with Gasteiger partial charge in [-0.2, -0.15) is 0 Å². The quantitative estimate of drug-likeness (QED) is 0.606. The van der Waals surface area contributed by atoms with E-state index in [0.29, 0.717) is 0 Å². The maximum atomic E-state index is 5.41. The molecule has 0 bridgehead atoms. The summed E-state index contributed by atoms with van der Waals surface area (Å²) in [4.78, 5) is 6.98. The maximum absolute atomic E-state index is 5.41. The molecule has 0 atom stereocenters. The van der Waals surface area contributed by atoms with Crippen molar-refractivity contribution in [1.29, 1.82) is 0 Å². The fourth-order valence-electron chi connectivity index (χ4n) is 2.88. The Bertz CT molecular complexity index is 842. The van der Waals surface area contributed by atoms with Crippen LogP contribution >= 0.6 is 23.1 Å². The Morgan fingerprint density at radius 3 is 2.77 bits per heavy atom. The van der Waals surface area contributed by atoms with Crippen LogP contribution in [0.1, 0.15) is 16.3 Å². The number of hydrogen-bond donors (Lipinski definition) is 0. The minimum absolute atomic E-state index is 0.748. The van der Waals surface area contributed by atoms with Crippen molar-refractivity contribution in [3.8, 4) is 0 Å². The van der Waals surface area contributed by atoms with Crippen molar-refractivity contribution in [3.05, 3.63) is 52.0 Å². The zero-order valence-corrected chi connectivity index (χ0v) is 16.3. The molecule has 1 saturated heterocycles. The molecule has 1 aromatic carbocycles. The summed E-state index contributed by atoms with van der Waals surface area (Å²) in [6.07, 6.45) is 0.890. The Kier molecular flexibility index (Phi) is 5.52. The van der Waals surface area contributed by atoms with Gasteiger partial charge in [0, 0.05) is 37.7 Å². The zero-order valence-electron chi connectivity index (χ0n) is 14.7. The van der Waals surface area contributed by atoms with Gasteiger partial charge in [0.05, 0.1) is 23.9 Å². The molecular weight excluding hydrogens is 366 g/mol. The van der Waals surface area contributed by atoms with E-state index in [0.717, 1.165) is 60.3 Å². The van der Waals surface area contributed by atoms with E-state index in [-0.39, 0.29) is 0 Å². The van der Waals surface area contributed by atoms with Gasteiger partial charge in [-0.25, -0.2) is 4.98 Å². The van der Waals surface area contributed by atoms with E-state index in [9.17, 15) is 0 Å². The summed E-state index contributed by atoms with van der Waals surface area (Å²) in [7, 11) is 2.02. The number of morpholine rings is 1. The van der Waals surface area contributed by atoms with Crippen molar-refractivity contribution >= 4 is 29.0 Å². The van der Waals surface area contributed by atoms with E-state index in [1.807, 2.05) is 13.1 Å². The molecule has 0 amide bonds. The highest BCUT2D eigenvalue weighted by atomic mass is 32.2. The van der Waals surface area contributed by atoms with Gasteiger partial charge in [-0.3, -0.25) is 4.57 Å². The number of ether oxygens (including phenoxy) is 1. The van der Waals surface area contributed by atoms with Crippen LogP contribution in [0.5, 0.6) is 0 Å². The minimum Gasteiger partial charge on any atom is -0.378 e. The predicted octanol–water partition coefficient (Wildman–Crippen LogP) is 2.99. The monoisotopic (exact) mass is 387 g/mol. The first-order valence-electron chi connectivity index (χ1n) is 8.61. The van der Waals surface area contributed by atoms with Crippen LogP contribution in [-0.4, -0.2) is 46.1 Å². The van der Waals surface area contributed by atoms with Crippen LogP contribution in [-0.2, 0) is 24.0 Å². The van der Waals surface area contributed by atoms with E-state index in [2.05, 4.69) is 49.3 Å². The number of aromatic nitrogens is 4. The van der Waals surface area contributed by atoms with Gasteiger partial charge in [-0.1, -0.05) is 42.1 Å². The Balaban J connectivity index is 1.36. The highest BCUT2D eigenvalue weighted by molar-refractivity contribution is 7.98. The third-order valence-corrected chi connectivity index (χ3v) is 6.20. The molecule has 1 aliphatic rings. The number of thiazole rings is 1. The van der Waals surface area contributed by atoms with Crippen LogP contribution in [0.4, 0.5) is 5.95 Å². The van der Waals surface area contributed by atoms with Crippen molar-refractivity contribution in [3.63, 3.8) is 0 Å². The van der Waals surface area contributed by atoms with E-state index in [4.69, 9.17) is 9.72 Å². The molecule has 0 N–H and O–H groups in total. The molecule has 136 valence electrons. The molecule has 1 fully saturated rings. The van der Waals surface area contributed by atoms with Crippen LogP contribution < -0.4 is 4.90 Å². The first kappa shape index (κ1) is 17.5. The summed E-state index contributed by atoms with van der Waals surface area (Å²) in [5.74, 6) is 1.72. The lowest BCUT2D eigenvalue weighted by molar-refractivity contribution is 0.121. The van der Waals surface area contributed by atoms with Crippen molar-refractivity contribution in [2.75, 3.05) is 31.2 Å². The smallest absolute Gasteiger partial charge is 0.227 e. The van der Waals surface area contributed by atoms with Gasteiger partial charge in [0.15, 0.2) is 5.16 Å². The second kappa shape index (κ2) is 8.20.